The van der Waals surface area contributed by atoms with Crippen molar-refractivity contribution in [3.05, 3.63) is 35.9 Å². The van der Waals surface area contributed by atoms with Crippen molar-refractivity contribution in [3.63, 3.8) is 0 Å². The maximum absolute atomic E-state index is 12.7. The van der Waals surface area contributed by atoms with Crippen LogP contribution >= 0.6 is 24.2 Å². The minimum absolute atomic E-state index is 0. The fraction of sp³-hybridized carbons (Fsp3) is 0.550. The summed E-state index contributed by atoms with van der Waals surface area (Å²) in [5, 5.41) is 12.3. The maximum Gasteiger partial charge on any atom is 0.326 e. The SMILES string of the molecule is CCOC(=O)C(CSCc1ccccc1)NC(C)C(=O)N1CCC[C@H]1C(=O)O.Cl. The Kier molecular flexibility index (Phi) is 11.1. The van der Waals surface area contributed by atoms with Gasteiger partial charge in [-0.05, 0) is 32.3 Å². The van der Waals surface area contributed by atoms with Crippen molar-refractivity contribution in [2.75, 3.05) is 18.9 Å². The molecule has 1 aromatic rings. The second-order valence-electron chi connectivity index (χ2n) is 6.72. The highest BCUT2D eigenvalue weighted by molar-refractivity contribution is 7.98. The Morgan fingerprint density at radius 2 is 2.00 bits per heavy atom. The quantitative estimate of drug-likeness (QED) is 0.534. The van der Waals surface area contributed by atoms with Gasteiger partial charge in [-0.25, -0.2) is 4.79 Å². The lowest BCUT2D eigenvalue weighted by Crippen LogP contribution is -2.54. The molecule has 1 saturated heterocycles. The minimum atomic E-state index is -0.988. The molecule has 9 heteroatoms. The predicted molar refractivity (Wildman–Crippen MR) is 115 cm³/mol. The third kappa shape index (κ3) is 7.53. The van der Waals surface area contributed by atoms with Crippen LogP contribution in [0.4, 0.5) is 0 Å². The number of hydrogen-bond acceptors (Lipinski definition) is 6. The highest BCUT2D eigenvalue weighted by Gasteiger charge is 2.37. The molecule has 3 atom stereocenters. The van der Waals surface area contributed by atoms with Crippen LogP contribution in [0.1, 0.15) is 32.3 Å². The number of carbonyl (C=O) groups is 3. The van der Waals surface area contributed by atoms with Gasteiger partial charge in [0.05, 0.1) is 12.6 Å². The van der Waals surface area contributed by atoms with Crippen molar-refractivity contribution in [1.82, 2.24) is 10.2 Å². The minimum Gasteiger partial charge on any atom is -0.480 e. The second-order valence-corrected chi connectivity index (χ2v) is 7.75. The van der Waals surface area contributed by atoms with Gasteiger partial charge in [0.25, 0.3) is 0 Å². The number of ether oxygens (including phenoxy) is 1. The van der Waals surface area contributed by atoms with Crippen molar-refractivity contribution >= 4 is 42.0 Å². The van der Waals surface area contributed by atoms with E-state index in [4.69, 9.17) is 4.74 Å². The summed E-state index contributed by atoms with van der Waals surface area (Å²) in [7, 11) is 0. The fourth-order valence-electron chi connectivity index (χ4n) is 3.20. The van der Waals surface area contributed by atoms with Gasteiger partial charge in [-0.3, -0.25) is 14.9 Å². The normalized spacial score (nSPS) is 17.9. The van der Waals surface area contributed by atoms with Crippen LogP contribution in [-0.4, -0.2) is 64.9 Å². The molecule has 0 aliphatic carbocycles. The van der Waals surface area contributed by atoms with E-state index in [1.165, 1.54) is 4.90 Å². The standard InChI is InChI=1S/C20H28N2O5S.ClH/c1-3-27-20(26)16(13-28-12-15-8-5-4-6-9-15)21-14(2)18(23)22-11-7-10-17(22)19(24)25;/h4-6,8-9,14,16-17,21H,3,7,10-13H2,1-2H3,(H,24,25);1H/t14?,16?,17-;/m0./s1. The number of amides is 1. The Morgan fingerprint density at radius 3 is 2.62 bits per heavy atom. The highest BCUT2D eigenvalue weighted by Crippen LogP contribution is 2.19. The molecule has 1 aromatic carbocycles. The van der Waals surface area contributed by atoms with E-state index < -0.39 is 30.1 Å². The van der Waals surface area contributed by atoms with Crippen molar-refractivity contribution in [2.24, 2.45) is 0 Å². The lowest BCUT2D eigenvalue weighted by Gasteiger charge is -2.27. The smallest absolute Gasteiger partial charge is 0.326 e. The Bertz CT molecular complexity index is 676. The van der Waals surface area contributed by atoms with E-state index in [1.54, 1.807) is 25.6 Å². The Morgan fingerprint density at radius 1 is 1.31 bits per heavy atom. The molecule has 0 radical (unpaired) electrons. The molecule has 2 rings (SSSR count). The molecule has 1 heterocycles. The fourth-order valence-corrected chi connectivity index (χ4v) is 4.22. The second kappa shape index (κ2) is 12.7. The topological polar surface area (TPSA) is 95.9 Å². The predicted octanol–water partition coefficient (Wildman–Crippen LogP) is 2.33. The molecule has 0 bridgehead atoms. The summed E-state index contributed by atoms with van der Waals surface area (Å²) in [4.78, 5) is 37.8. The zero-order valence-corrected chi connectivity index (χ0v) is 18.3. The average molecular weight is 445 g/mol. The third-order valence-electron chi connectivity index (χ3n) is 4.61. The van der Waals surface area contributed by atoms with Crippen LogP contribution in [0.5, 0.6) is 0 Å². The number of likely N-dealkylation sites (tertiary alicyclic amines) is 1. The molecule has 162 valence electrons. The number of esters is 1. The first-order valence-corrected chi connectivity index (χ1v) is 10.7. The summed E-state index contributed by atoms with van der Waals surface area (Å²) in [6.07, 6.45) is 1.13. The van der Waals surface area contributed by atoms with Gasteiger partial charge >= 0.3 is 11.9 Å². The third-order valence-corrected chi connectivity index (χ3v) is 5.72. The Hall–Kier alpha value is -1.77. The van der Waals surface area contributed by atoms with Gasteiger partial charge in [-0.15, -0.1) is 12.4 Å². The molecule has 1 aliphatic rings. The number of thioether (sulfide) groups is 1. The van der Waals surface area contributed by atoms with E-state index in [2.05, 4.69) is 5.32 Å². The van der Waals surface area contributed by atoms with Gasteiger partial charge in [-0.1, -0.05) is 30.3 Å². The molecule has 1 fully saturated rings. The number of carbonyl (C=O) groups excluding carboxylic acids is 2. The molecular formula is C20H29ClN2O5S. The summed E-state index contributed by atoms with van der Waals surface area (Å²) in [6.45, 7) is 4.08. The molecule has 2 N–H and O–H groups in total. The van der Waals surface area contributed by atoms with Crippen LogP contribution in [-0.2, 0) is 24.9 Å². The number of hydrogen-bond donors (Lipinski definition) is 2. The van der Waals surface area contributed by atoms with Gasteiger partial charge < -0.3 is 14.7 Å². The first-order chi connectivity index (χ1) is 13.4. The van der Waals surface area contributed by atoms with Crippen molar-refractivity contribution in [1.29, 1.82) is 0 Å². The Balaban J connectivity index is 0.00000420. The van der Waals surface area contributed by atoms with E-state index in [-0.39, 0.29) is 24.9 Å². The summed E-state index contributed by atoms with van der Waals surface area (Å²) in [5.41, 5.74) is 1.15. The molecule has 0 saturated carbocycles. The van der Waals surface area contributed by atoms with Crippen LogP contribution in [0, 0.1) is 0 Å². The number of carboxylic acid groups (broad SMARTS) is 1. The number of nitrogens with one attached hydrogen (secondary N) is 1. The summed E-state index contributed by atoms with van der Waals surface area (Å²) < 4.78 is 5.14. The van der Waals surface area contributed by atoms with Gasteiger partial charge in [-0.2, -0.15) is 11.8 Å². The molecule has 0 aromatic heterocycles. The number of benzene rings is 1. The number of carboxylic acids is 1. The van der Waals surface area contributed by atoms with Crippen molar-refractivity contribution in [3.8, 4) is 0 Å². The summed E-state index contributed by atoms with van der Waals surface area (Å²) in [5.74, 6) is -0.494. The lowest BCUT2D eigenvalue weighted by atomic mass is 10.2. The van der Waals surface area contributed by atoms with E-state index in [1.807, 2.05) is 30.3 Å². The maximum atomic E-state index is 12.7. The lowest BCUT2D eigenvalue weighted by molar-refractivity contribution is -0.150. The van der Waals surface area contributed by atoms with Gasteiger partial charge in [0.1, 0.15) is 12.1 Å². The highest BCUT2D eigenvalue weighted by atomic mass is 35.5. The van der Waals surface area contributed by atoms with Crippen LogP contribution in [0.25, 0.3) is 0 Å². The van der Waals surface area contributed by atoms with E-state index in [0.29, 0.717) is 25.1 Å². The molecular weight excluding hydrogens is 416 g/mol. The summed E-state index contributed by atoms with van der Waals surface area (Å²) in [6, 6.07) is 7.82. The molecule has 29 heavy (non-hydrogen) atoms. The molecule has 1 amide bonds. The van der Waals surface area contributed by atoms with Crippen LogP contribution in [0.2, 0.25) is 0 Å². The zero-order chi connectivity index (χ0) is 20.5. The van der Waals surface area contributed by atoms with E-state index in [9.17, 15) is 19.5 Å². The van der Waals surface area contributed by atoms with Crippen LogP contribution in [0.3, 0.4) is 0 Å². The van der Waals surface area contributed by atoms with Gasteiger partial charge in [0, 0.05) is 18.1 Å². The molecule has 2 unspecified atom stereocenters. The number of aliphatic carboxylic acids is 1. The van der Waals surface area contributed by atoms with Gasteiger partial charge in [0.2, 0.25) is 5.91 Å². The first-order valence-electron chi connectivity index (χ1n) is 9.51. The van der Waals surface area contributed by atoms with Crippen molar-refractivity contribution < 1.29 is 24.2 Å². The molecule has 1 aliphatic heterocycles. The van der Waals surface area contributed by atoms with Crippen LogP contribution < -0.4 is 5.32 Å². The number of halogens is 1. The molecule has 0 spiro atoms. The number of nitrogens with zero attached hydrogens (tertiary/aromatic N) is 1. The van der Waals surface area contributed by atoms with Crippen LogP contribution in [0.15, 0.2) is 30.3 Å². The number of rotatable bonds is 10. The first kappa shape index (κ1) is 25.3. The monoisotopic (exact) mass is 444 g/mol. The van der Waals surface area contributed by atoms with E-state index >= 15 is 0 Å². The molecule has 7 nitrogen and oxygen atoms in total. The average Bonchev–Trinajstić information content (AvgIpc) is 3.17. The summed E-state index contributed by atoms with van der Waals surface area (Å²) >= 11 is 1.58. The zero-order valence-electron chi connectivity index (χ0n) is 16.7. The largest absolute Gasteiger partial charge is 0.480 e. The van der Waals surface area contributed by atoms with E-state index in [0.717, 1.165) is 11.3 Å². The Labute approximate surface area is 182 Å². The van der Waals surface area contributed by atoms with Crippen molar-refractivity contribution in [2.45, 2.75) is 50.6 Å². The van der Waals surface area contributed by atoms with Gasteiger partial charge in [0.15, 0.2) is 0 Å².